The molecule has 364 valence electrons. The highest BCUT2D eigenvalue weighted by atomic mass is 16.6. The van der Waals surface area contributed by atoms with E-state index in [2.05, 4.69) is 116 Å². The number of nitro groups is 2. The van der Waals surface area contributed by atoms with Gasteiger partial charge in [-0.3, -0.25) is 20.2 Å². The largest absolute Gasteiger partial charge is 0.398 e. The fraction of sp³-hybridized carbons (Fsp3) is 0.429. The number of aromatic nitrogens is 4. The van der Waals surface area contributed by atoms with Gasteiger partial charge < -0.3 is 30.6 Å². The normalized spacial score (nSPS) is 11.3. The predicted octanol–water partition coefficient (Wildman–Crippen LogP) is 14.8. The number of rotatable bonds is 4. The Labute approximate surface area is 402 Å². The molecule has 12 nitrogen and oxygen atoms in total. The van der Waals surface area contributed by atoms with Crippen LogP contribution in [0.15, 0.2) is 0 Å². The van der Waals surface area contributed by atoms with Crippen molar-refractivity contribution in [3.8, 4) is 0 Å². The molecule has 0 amide bonds. The quantitative estimate of drug-likeness (QED) is 0.0774. The van der Waals surface area contributed by atoms with Crippen molar-refractivity contribution in [2.24, 2.45) is 0 Å². The number of nitro benzene ring substituents is 2. The Morgan fingerprint density at radius 2 is 0.676 bits per heavy atom. The number of anilines is 2. The standard InChI is InChI=1S/C15H20N2O2.C15H22N2.C13H16N2O2.C13H18N2/c1-7-16-12(6)10(4)13-11(5)14(17(18)19)8(2)9(3)15(13)16;1-7-17-12(6)10(4)13-11(5)14(16)8(2)9(3)15(13)17;1-6-7(2)13(15(16)17)9(4)11-8(3)10(5)14-12(6)11;1-6-7(2)13-11(9(4)12(6)14)8(3)10(5)15-13/h7H2,1-6H3;7,16H2,1-6H3;14H,1-5H3;15H,14H2,1-5H3. The summed E-state index contributed by atoms with van der Waals surface area (Å²) in [6, 6.07) is 0. The van der Waals surface area contributed by atoms with E-state index in [9.17, 15) is 20.2 Å². The first-order valence-corrected chi connectivity index (χ1v) is 23.7. The Kier molecular flexibility index (Phi) is 14.8. The van der Waals surface area contributed by atoms with Gasteiger partial charge in [-0.25, -0.2) is 0 Å². The van der Waals surface area contributed by atoms with Crippen LogP contribution in [0, 0.1) is 159 Å². The van der Waals surface area contributed by atoms with Gasteiger partial charge in [0, 0.05) is 102 Å². The van der Waals surface area contributed by atoms with E-state index in [1.54, 1.807) is 0 Å². The molecule has 0 aliphatic heterocycles. The van der Waals surface area contributed by atoms with Crippen LogP contribution in [-0.4, -0.2) is 28.9 Å². The zero-order chi connectivity index (χ0) is 51.6. The minimum Gasteiger partial charge on any atom is -0.398 e. The van der Waals surface area contributed by atoms with Gasteiger partial charge in [-0.05, 0) is 219 Å². The molecule has 0 aliphatic rings. The summed E-state index contributed by atoms with van der Waals surface area (Å²) in [7, 11) is 0. The van der Waals surface area contributed by atoms with Gasteiger partial charge in [0.15, 0.2) is 0 Å². The summed E-state index contributed by atoms with van der Waals surface area (Å²) in [5.41, 5.74) is 41.8. The van der Waals surface area contributed by atoms with Crippen molar-refractivity contribution in [3.63, 3.8) is 0 Å². The maximum absolute atomic E-state index is 11.3. The highest BCUT2D eigenvalue weighted by Crippen LogP contribution is 2.40. The van der Waals surface area contributed by atoms with Crippen molar-refractivity contribution in [3.05, 3.63) is 132 Å². The second kappa shape index (κ2) is 19.2. The summed E-state index contributed by atoms with van der Waals surface area (Å²) in [6.07, 6.45) is 0. The molecular formula is C56H76N8O4. The van der Waals surface area contributed by atoms with Gasteiger partial charge in [0.1, 0.15) is 0 Å². The van der Waals surface area contributed by atoms with Crippen LogP contribution in [-0.2, 0) is 13.1 Å². The Hall–Kier alpha value is -6.56. The Morgan fingerprint density at radius 1 is 0.382 bits per heavy atom. The fourth-order valence-corrected chi connectivity index (χ4v) is 10.8. The van der Waals surface area contributed by atoms with Crippen LogP contribution in [0.1, 0.15) is 126 Å². The van der Waals surface area contributed by atoms with Crippen LogP contribution in [0.4, 0.5) is 22.7 Å². The number of nitrogens with one attached hydrogen (secondary N) is 2. The van der Waals surface area contributed by atoms with Gasteiger partial charge in [-0.1, -0.05) is 0 Å². The van der Waals surface area contributed by atoms with E-state index < -0.39 is 0 Å². The molecule has 6 N–H and O–H groups in total. The number of aromatic amines is 2. The lowest BCUT2D eigenvalue weighted by Gasteiger charge is -2.13. The lowest BCUT2D eigenvalue weighted by Crippen LogP contribution is -2.02. The molecule has 0 fully saturated rings. The van der Waals surface area contributed by atoms with Crippen molar-refractivity contribution >= 4 is 66.4 Å². The Balaban J connectivity index is 0.000000170. The molecular weight excluding hydrogens is 849 g/mol. The first-order valence-electron chi connectivity index (χ1n) is 23.7. The van der Waals surface area contributed by atoms with Crippen molar-refractivity contribution in [2.75, 3.05) is 11.5 Å². The van der Waals surface area contributed by atoms with Crippen molar-refractivity contribution in [2.45, 2.75) is 165 Å². The van der Waals surface area contributed by atoms with Crippen molar-refractivity contribution in [1.82, 2.24) is 19.1 Å². The molecule has 12 heteroatoms. The van der Waals surface area contributed by atoms with Crippen LogP contribution < -0.4 is 11.5 Å². The molecule has 0 unspecified atom stereocenters. The molecule has 0 radical (unpaired) electrons. The SMILES string of the molecule is CCn1c(C)c(C)c2c(C)c(N)c(C)c(C)c21.CCn1c(C)c(C)c2c(C)c([N+](=O)[O-])c(C)c(C)c21.Cc1[nH]c2c(C)c(C)c(N)c(C)c2c1C.Cc1[nH]c2c(C)c(C)c([N+](=O)[O-])c(C)c2c1C. The average Bonchev–Trinajstić information content (AvgIpc) is 3.94. The number of benzene rings is 4. The van der Waals surface area contributed by atoms with Crippen LogP contribution in [0.25, 0.3) is 43.6 Å². The zero-order valence-electron chi connectivity index (χ0n) is 45.0. The third kappa shape index (κ3) is 8.19. The van der Waals surface area contributed by atoms with E-state index in [0.717, 1.165) is 96.5 Å². The highest BCUT2D eigenvalue weighted by Gasteiger charge is 2.26. The average molecular weight is 925 g/mol. The first kappa shape index (κ1) is 52.4. The number of nitrogens with zero attached hydrogens (tertiary/aromatic N) is 4. The molecule has 0 spiro atoms. The van der Waals surface area contributed by atoms with Crippen LogP contribution in [0.2, 0.25) is 0 Å². The van der Waals surface area contributed by atoms with Gasteiger partial charge >= 0.3 is 0 Å². The second-order valence-electron chi connectivity index (χ2n) is 19.1. The smallest absolute Gasteiger partial charge is 0.276 e. The summed E-state index contributed by atoms with van der Waals surface area (Å²) < 4.78 is 4.66. The summed E-state index contributed by atoms with van der Waals surface area (Å²) in [4.78, 5) is 28.7. The fourth-order valence-electron chi connectivity index (χ4n) is 10.8. The van der Waals surface area contributed by atoms with E-state index in [0.29, 0.717) is 0 Å². The number of hydrogen-bond acceptors (Lipinski definition) is 6. The Morgan fingerprint density at radius 3 is 1.06 bits per heavy atom. The topological polar surface area (TPSA) is 180 Å². The molecule has 0 saturated heterocycles. The van der Waals surface area contributed by atoms with Gasteiger partial charge in [-0.15, -0.1) is 0 Å². The number of hydrogen-bond donors (Lipinski definition) is 4. The molecule has 0 aliphatic carbocycles. The van der Waals surface area contributed by atoms with E-state index in [4.69, 9.17) is 11.5 Å². The number of H-pyrrole nitrogens is 2. The summed E-state index contributed by atoms with van der Waals surface area (Å²) >= 11 is 0. The van der Waals surface area contributed by atoms with Crippen molar-refractivity contribution in [1.29, 1.82) is 0 Å². The molecule has 0 atom stereocenters. The zero-order valence-corrected chi connectivity index (χ0v) is 45.0. The van der Waals surface area contributed by atoms with Crippen LogP contribution in [0.5, 0.6) is 0 Å². The monoisotopic (exact) mass is 925 g/mol. The third-order valence-corrected chi connectivity index (χ3v) is 15.9. The number of nitrogens with two attached hydrogens (primary N) is 2. The lowest BCUT2D eigenvalue weighted by molar-refractivity contribution is -0.386. The third-order valence-electron chi connectivity index (χ3n) is 15.9. The minimum atomic E-state index is -0.279. The maximum atomic E-state index is 11.3. The van der Waals surface area contributed by atoms with Gasteiger partial charge in [0.05, 0.1) is 20.9 Å². The molecule has 4 aromatic carbocycles. The molecule has 0 bridgehead atoms. The van der Waals surface area contributed by atoms with E-state index in [1.807, 2.05) is 55.4 Å². The summed E-state index contributed by atoms with van der Waals surface area (Å²) in [5, 5.41) is 27.2. The molecule has 0 saturated carbocycles. The molecule has 4 aromatic heterocycles. The second-order valence-corrected chi connectivity index (χ2v) is 19.1. The van der Waals surface area contributed by atoms with Crippen LogP contribution in [0.3, 0.4) is 0 Å². The molecule has 4 heterocycles. The highest BCUT2D eigenvalue weighted by molar-refractivity contribution is 5.98. The summed E-state index contributed by atoms with van der Waals surface area (Å²) in [6.45, 7) is 47.0. The first-order chi connectivity index (χ1) is 31.5. The van der Waals surface area contributed by atoms with Crippen LogP contribution >= 0.6 is 0 Å². The van der Waals surface area contributed by atoms with Crippen molar-refractivity contribution < 1.29 is 9.85 Å². The molecule has 8 rings (SSSR count). The summed E-state index contributed by atoms with van der Waals surface area (Å²) in [5.74, 6) is 0. The van der Waals surface area contributed by atoms with Gasteiger partial charge in [0.2, 0.25) is 0 Å². The number of aryl methyl sites for hydroxylation is 16. The molecule has 8 aromatic rings. The van der Waals surface area contributed by atoms with Gasteiger partial charge in [-0.2, -0.15) is 0 Å². The van der Waals surface area contributed by atoms with E-state index >= 15 is 0 Å². The molecule has 68 heavy (non-hydrogen) atoms. The maximum Gasteiger partial charge on any atom is 0.276 e. The van der Waals surface area contributed by atoms with E-state index in [1.165, 1.54) is 83.4 Å². The van der Waals surface area contributed by atoms with Gasteiger partial charge in [0.25, 0.3) is 11.4 Å². The Bertz CT molecular complexity index is 3390. The minimum absolute atomic E-state index is 0.247. The number of nitrogen functional groups attached to an aromatic ring is 2. The predicted molar refractivity (Wildman–Crippen MR) is 289 cm³/mol. The lowest BCUT2D eigenvalue weighted by atomic mass is 9.97. The van der Waals surface area contributed by atoms with E-state index in [-0.39, 0.29) is 21.2 Å². The number of fused-ring (bicyclic) bond motifs is 4.